The smallest absolute Gasteiger partial charge is 0.305 e. The number of carbonyl (C=O) groups is 2. The molecule has 1 aromatic carbocycles. The van der Waals surface area contributed by atoms with E-state index in [4.69, 9.17) is 21.5 Å². The number of hydrogen-bond acceptors (Lipinski definition) is 5. The number of aromatic nitrogens is 1. The Kier molecular flexibility index (Phi) is 6.56. The number of aliphatic hydroxyl groups excluding tert-OH is 1. The van der Waals surface area contributed by atoms with E-state index in [0.29, 0.717) is 10.7 Å². The fourth-order valence-electron chi connectivity index (χ4n) is 3.75. The molecule has 1 amide bonds. The van der Waals surface area contributed by atoms with Crippen LogP contribution in [0.2, 0.25) is 5.02 Å². The Balaban J connectivity index is 1.87. The largest absolute Gasteiger partial charge is 0.481 e. The summed E-state index contributed by atoms with van der Waals surface area (Å²) in [7, 11) is 1.87. The Bertz CT molecular complexity index is 1040. The molecule has 1 aliphatic rings. The molecule has 0 aliphatic carbocycles. The minimum Gasteiger partial charge on any atom is -0.481 e. The van der Waals surface area contributed by atoms with Crippen molar-refractivity contribution < 1.29 is 29.0 Å². The molecule has 8 nitrogen and oxygen atoms in total. The van der Waals surface area contributed by atoms with Crippen LogP contribution in [0.3, 0.4) is 0 Å². The third kappa shape index (κ3) is 4.38. The Morgan fingerprint density at radius 2 is 2.10 bits per heavy atom. The number of hydrogen-bond donors (Lipinski definition) is 3. The molecule has 0 radical (unpaired) electrons. The predicted molar refractivity (Wildman–Crippen MR) is 114 cm³/mol. The number of benzene rings is 1. The molecule has 2 aromatic rings. The molecule has 0 bridgehead atoms. The van der Waals surface area contributed by atoms with Crippen LogP contribution in [0.5, 0.6) is 0 Å². The van der Waals surface area contributed by atoms with E-state index in [1.807, 2.05) is 29.8 Å². The number of nitrogens with zero attached hydrogens (tertiary/aromatic N) is 2. The van der Waals surface area contributed by atoms with Gasteiger partial charge in [-0.1, -0.05) is 30.6 Å². The summed E-state index contributed by atoms with van der Waals surface area (Å²) in [6.07, 6.45) is -2.14. The maximum absolute atomic E-state index is 13.1. The van der Waals surface area contributed by atoms with E-state index in [0.717, 1.165) is 16.6 Å². The number of nitrogens with one attached hydrogen (secondary N) is 1. The van der Waals surface area contributed by atoms with Gasteiger partial charge in [0.25, 0.3) is 5.91 Å². The first kappa shape index (κ1) is 23.0. The van der Waals surface area contributed by atoms with Gasteiger partial charge in [-0.05, 0) is 24.3 Å². The number of aliphatic hydroxyl groups is 1. The highest BCUT2D eigenvalue weighted by molar-refractivity contribution is 6.31. The Labute approximate surface area is 183 Å². The number of oxime groups is 1. The molecule has 3 atom stereocenters. The van der Waals surface area contributed by atoms with Gasteiger partial charge in [0, 0.05) is 35.3 Å². The molecule has 3 N–H and O–H groups in total. The van der Waals surface area contributed by atoms with Crippen molar-refractivity contribution in [3.05, 3.63) is 35.0 Å². The molecular weight excluding hydrogens is 429 g/mol. The number of aryl methyl sites for hydroxylation is 1. The van der Waals surface area contributed by atoms with Crippen molar-refractivity contribution in [1.82, 2.24) is 9.88 Å². The summed E-state index contributed by atoms with van der Waals surface area (Å²) >= 11 is 6.08. The highest BCUT2D eigenvalue weighted by Crippen LogP contribution is 2.35. The van der Waals surface area contributed by atoms with E-state index >= 15 is 0 Å². The molecule has 0 fully saturated rings. The summed E-state index contributed by atoms with van der Waals surface area (Å²) in [5.74, 6) is -2.26. The summed E-state index contributed by atoms with van der Waals surface area (Å²) in [5.41, 5.74) is 0.801. The van der Waals surface area contributed by atoms with Gasteiger partial charge in [-0.2, -0.15) is 0 Å². The van der Waals surface area contributed by atoms with Gasteiger partial charge in [0.1, 0.15) is 18.5 Å². The van der Waals surface area contributed by atoms with Gasteiger partial charge < -0.3 is 24.9 Å². The van der Waals surface area contributed by atoms with Crippen molar-refractivity contribution in [2.24, 2.45) is 18.1 Å². The number of carboxylic acid groups (broad SMARTS) is 1. The van der Waals surface area contributed by atoms with E-state index in [1.165, 1.54) is 0 Å². The first-order valence-electron chi connectivity index (χ1n) is 9.86. The van der Waals surface area contributed by atoms with Crippen LogP contribution in [0.25, 0.3) is 10.9 Å². The van der Waals surface area contributed by atoms with Crippen LogP contribution in [-0.2, 0) is 21.5 Å². The average molecular weight is 454 g/mol. The summed E-state index contributed by atoms with van der Waals surface area (Å²) in [4.78, 5) is 29.9. The molecule has 168 valence electrons. The number of rotatable bonds is 8. The first-order chi connectivity index (χ1) is 14.6. The number of alkyl halides is 1. The summed E-state index contributed by atoms with van der Waals surface area (Å²) < 4.78 is 14.9. The Hall–Kier alpha value is -2.65. The lowest BCUT2D eigenvalue weighted by Gasteiger charge is -2.32. The van der Waals surface area contributed by atoms with Gasteiger partial charge in [0.15, 0.2) is 0 Å². The lowest BCUT2D eigenvalue weighted by atomic mass is 9.84. The van der Waals surface area contributed by atoms with Crippen LogP contribution in [0.15, 0.2) is 29.4 Å². The monoisotopic (exact) mass is 453 g/mol. The third-order valence-corrected chi connectivity index (χ3v) is 5.93. The maximum atomic E-state index is 13.1. The van der Waals surface area contributed by atoms with Crippen LogP contribution in [0.1, 0.15) is 32.4 Å². The van der Waals surface area contributed by atoms with Gasteiger partial charge in [0.05, 0.1) is 18.2 Å². The highest BCUT2D eigenvalue weighted by Gasteiger charge is 2.50. The Morgan fingerprint density at radius 3 is 2.71 bits per heavy atom. The zero-order valence-corrected chi connectivity index (χ0v) is 18.2. The minimum absolute atomic E-state index is 0.125. The SMILES string of the molecule is CC(C)C1(C(=O)NC(CC(=O)O)C(O)CF)CC(c2cc3cc(Cl)ccc3n2C)=NO1. The van der Waals surface area contributed by atoms with E-state index in [2.05, 4.69) is 10.5 Å². The van der Waals surface area contributed by atoms with Crippen molar-refractivity contribution in [1.29, 1.82) is 0 Å². The number of fused-ring (bicyclic) bond motifs is 1. The highest BCUT2D eigenvalue weighted by atomic mass is 35.5. The predicted octanol–water partition coefficient (Wildman–Crippen LogP) is 2.64. The molecule has 3 unspecified atom stereocenters. The second kappa shape index (κ2) is 8.84. The molecule has 2 heterocycles. The van der Waals surface area contributed by atoms with Crippen molar-refractivity contribution >= 4 is 40.1 Å². The number of aliphatic carboxylic acids is 1. The van der Waals surface area contributed by atoms with Gasteiger partial charge >= 0.3 is 5.97 Å². The van der Waals surface area contributed by atoms with Crippen molar-refractivity contribution in [3.8, 4) is 0 Å². The molecule has 0 saturated heterocycles. The standard InChI is InChI=1S/C21H25ClFN3O5/c1-11(2)21(20(30)24-14(8-19(28)29)18(27)10-23)9-15(25-31-21)17-7-12-6-13(22)4-5-16(12)26(17)3/h4-7,11,14,18,27H,8-10H2,1-3H3,(H,24,30)(H,28,29). The average Bonchev–Trinajstić information content (AvgIpc) is 3.29. The quantitative estimate of drug-likeness (QED) is 0.568. The van der Waals surface area contributed by atoms with Crippen LogP contribution in [0.4, 0.5) is 4.39 Å². The number of amides is 1. The molecule has 1 aromatic heterocycles. The van der Waals surface area contributed by atoms with Crippen molar-refractivity contribution in [2.75, 3.05) is 6.67 Å². The van der Waals surface area contributed by atoms with Crippen LogP contribution < -0.4 is 5.32 Å². The Morgan fingerprint density at radius 1 is 1.39 bits per heavy atom. The van der Waals surface area contributed by atoms with E-state index in [1.54, 1.807) is 19.9 Å². The topological polar surface area (TPSA) is 113 Å². The van der Waals surface area contributed by atoms with Gasteiger partial charge in [0.2, 0.25) is 5.60 Å². The molecule has 0 saturated carbocycles. The van der Waals surface area contributed by atoms with E-state index < -0.39 is 42.7 Å². The molecule has 1 aliphatic heterocycles. The first-order valence-corrected chi connectivity index (χ1v) is 10.2. The lowest BCUT2D eigenvalue weighted by Crippen LogP contribution is -2.56. The normalized spacial score (nSPS) is 20.4. The summed E-state index contributed by atoms with van der Waals surface area (Å²) in [6, 6.07) is 6.10. The van der Waals surface area contributed by atoms with Crippen LogP contribution in [-0.4, -0.2) is 56.8 Å². The second-order valence-electron chi connectivity index (χ2n) is 8.04. The van der Waals surface area contributed by atoms with Gasteiger partial charge in [-0.3, -0.25) is 9.59 Å². The number of carbonyl (C=O) groups excluding carboxylic acids is 1. The van der Waals surface area contributed by atoms with Crippen molar-refractivity contribution in [2.45, 2.75) is 44.4 Å². The molecule has 10 heteroatoms. The lowest BCUT2D eigenvalue weighted by molar-refractivity contribution is -0.152. The zero-order chi connectivity index (χ0) is 22.9. The summed E-state index contributed by atoms with van der Waals surface area (Å²) in [6.45, 7) is 2.36. The van der Waals surface area contributed by atoms with Crippen LogP contribution >= 0.6 is 11.6 Å². The van der Waals surface area contributed by atoms with E-state index in [9.17, 15) is 19.1 Å². The number of halogens is 2. The fourth-order valence-corrected chi connectivity index (χ4v) is 3.93. The minimum atomic E-state index is -1.64. The molecule has 31 heavy (non-hydrogen) atoms. The van der Waals surface area contributed by atoms with Gasteiger partial charge in [-0.25, -0.2) is 4.39 Å². The van der Waals surface area contributed by atoms with Crippen LogP contribution in [0, 0.1) is 5.92 Å². The summed E-state index contributed by atoms with van der Waals surface area (Å²) in [5, 5.41) is 27.0. The molecular formula is C21H25ClFN3O5. The second-order valence-corrected chi connectivity index (χ2v) is 8.48. The van der Waals surface area contributed by atoms with Gasteiger partial charge in [-0.15, -0.1) is 0 Å². The number of carboxylic acids is 1. The zero-order valence-electron chi connectivity index (χ0n) is 17.4. The molecule has 0 spiro atoms. The third-order valence-electron chi connectivity index (χ3n) is 5.70. The molecule has 3 rings (SSSR count). The van der Waals surface area contributed by atoms with Crippen molar-refractivity contribution in [3.63, 3.8) is 0 Å². The van der Waals surface area contributed by atoms with E-state index in [-0.39, 0.29) is 12.3 Å². The maximum Gasteiger partial charge on any atom is 0.305 e. The fraction of sp³-hybridized carbons (Fsp3) is 0.476.